The van der Waals surface area contributed by atoms with Crippen molar-refractivity contribution >= 4 is 38.5 Å². The van der Waals surface area contributed by atoms with Crippen LogP contribution < -0.4 is 10.5 Å². The molecular weight excluding hydrogens is 417 g/mol. The second-order valence-corrected chi connectivity index (χ2v) is 7.85. The van der Waals surface area contributed by atoms with Gasteiger partial charge in [0.2, 0.25) is 15.9 Å². The van der Waals surface area contributed by atoms with Crippen LogP contribution in [0, 0.1) is 6.92 Å². The smallest absolute Gasteiger partial charge is 0.242 e. The molecule has 1 unspecified atom stereocenters. The molecule has 1 aromatic rings. The second-order valence-electron chi connectivity index (χ2n) is 4.89. The van der Waals surface area contributed by atoms with E-state index in [4.69, 9.17) is 5.73 Å². The van der Waals surface area contributed by atoms with Crippen LogP contribution in [0.15, 0.2) is 51.1 Å². The second kappa shape index (κ2) is 6.80. The quantitative estimate of drug-likeness (QED) is 0.684. The minimum Gasteiger partial charge on any atom is -0.368 e. The number of amides is 1. The van der Waals surface area contributed by atoms with E-state index >= 15 is 0 Å². The zero-order chi connectivity index (χ0) is 16.3. The molecule has 0 radical (unpaired) electrons. The Labute approximate surface area is 143 Å². The highest BCUT2D eigenvalue weighted by Gasteiger charge is 2.24. The van der Waals surface area contributed by atoms with Crippen LogP contribution in [0.4, 0.5) is 0 Å². The van der Waals surface area contributed by atoms with Gasteiger partial charge in [-0.2, -0.15) is 4.72 Å². The summed E-state index contributed by atoms with van der Waals surface area (Å²) in [5.74, 6) is -0.532. The summed E-state index contributed by atoms with van der Waals surface area (Å²) in [5.41, 5.74) is 6.19. The van der Waals surface area contributed by atoms with Crippen LogP contribution >= 0.6 is 22.6 Å². The molecule has 1 amide bonds. The fraction of sp³-hybridized carbons (Fsp3) is 0.214. The largest absolute Gasteiger partial charge is 0.368 e. The molecule has 1 aliphatic rings. The first-order valence-corrected chi connectivity index (χ1v) is 9.03. The van der Waals surface area contributed by atoms with Crippen molar-refractivity contribution in [2.45, 2.75) is 18.0 Å². The van der Waals surface area contributed by atoms with E-state index < -0.39 is 22.1 Å². The first-order chi connectivity index (χ1) is 10.3. The third kappa shape index (κ3) is 4.31. The maximum absolute atomic E-state index is 12.4. The van der Waals surface area contributed by atoms with Gasteiger partial charge in [0.1, 0.15) is 6.17 Å². The van der Waals surface area contributed by atoms with Crippen LogP contribution in [0.3, 0.4) is 0 Å². The SMILES string of the molecule is Cc1ccc(S(=O)(=O)NC2C=CC(I)=CN2CC(N)=O)cc1. The third-order valence-electron chi connectivity index (χ3n) is 3.03. The normalized spacial score (nSPS) is 18.2. The van der Waals surface area contributed by atoms with Crippen molar-refractivity contribution in [1.82, 2.24) is 9.62 Å². The van der Waals surface area contributed by atoms with Gasteiger partial charge < -0.3 is 10.6 Å². The van der Waals surface area contributed by atoms with Crippen molar-refractivity contribution in [3.8, 4) is 0 Å². The van der Waals surface area contributed by atoms with Crippen molar-refractivity contribution in [2.24, 2.45) is 5.73 Å². The Morgan fingerprint density at radius 3 is 2.59 bits per heavy atom. The molecule has 0 bridgehead atoms. The number of carbonyl (C=O) groups is 1. The number of nitrogens with two attached hydrogens (primary N) is 1. The summed E-state index contributed by atoms with van der Waals surface area (Å²) in [7, 11) is -3.69. The molecule has 0 aromatic heterocycles. The van der Waals surface area contributed by atoms with Crippen LogP contribution in [0.25, 0.3) is 0 Å². The number of halogens is 1. The van der Waals surface area contributed by atoms with Crippen molar-refractivity contribution in [1.29, 1.82) is 0 Å². The van der Waals surface area contributed by atoms with E-state index in [1.165, 1.54) is 0 Å². The van der Waals surface area contributed by atoms with Crippen molar-refractivity contribution < 1.29 is 13.2 Å². The average molecular weight is 433 g/mol. The van der Waals surface area contributed by atoms with Gasteiger partial charge in [0, 0.05) is 9.78 Å². The number of benzene rings is 1. The number of hydrogen-bond acceptors (Lipinski definition) is 4. The summed E-state index contributed by atoms with van der Waals surface area (Å²) in [4.78, 5) is 12.9. The van der Waals surface area contributed by atoms with E-state index in [0.717, 1.165) is 9.14 Å². The lowest BCUT2D eigenvalue weighted by atomic mass is 10.2. The van der Waals surface area contributed by atoms with Gasteiger partial charge in [-0.1, -0.05) is 17.7 Å². The highest BCUT2D eigenvalue weighted by Crippen LogP contribution is 2.19. The summed E-state index contributed by atoms with van der Waals surface area (Å²) < 4.78 is 28.3. The number of nitrogens with zero attached hydrogens (tertiary/aromatic N) is 1. The fourth-order valence-electron chi connectivity index (χ4n) is 1.95. The number of hydrogen-bond donors (Lipinski definition) is 2. The lowest BCUT2D eigenvalue weighted by Gasteiger charge is -2.30. The third-order valence-corrected chi connectivity index (χ3v) is 5.11. The number of allylic oxidation sites excluding steroid dienone is 2. The molecule has 0 aliphatic carbocycles. The van der Waals surface area contributed by atoms with E-state index in [1.807, 2.05) is 6.92 Å². The monoisotopic (exact) mass is 433 g/mol. The molecule has 0 saturated carbocycles. The van der Waals surface area contributed by atoms with Crippen LogP contribution in [0.2, 0.25) is 0 Å². The van der Waals surface area contributed by atoms with E-state index in [0.29, 0.717) is 0 Å². The standard InChI is InChI=1S/C14H16IN3O3S/c1-10-2-5-12(6-3-10)22(20,21)17-14-7-4-11(15)8-18(14)9-13(16)19/h2-8,14,17H,9H2,1H3,(H2,16,19). The Morgan fingerprint density at radius 1 is 1.36 bits per heavy atom. The number of primary amides is 1. The Morgan fingerprint density at radius 2 is 2.00 bits per heavy atom. The summed E-state index contributed by atoms with van der Waals surface area (Å²) in [6.45, 7) is 1.81. The topological polar surface area (TPSA) is 92.5 Å². The molecular formula is C14H16IN3O3S. The van der Waals surface area contributed by atoms with Gasteiger partial charge in [-0.3, -0.25) is 4.79 Å². The highest BCUT2D eigenvalue weighted by molar-refractivity contribution is 14.1. The Bertz CT molecular complexity index is 726. The van der Waals surface area contributed by atoms with Crippen LogP contribution in [-0.4, -0.2) is 31.9 Å². The maximum atomic E-state index is 12.4. The molecule has 0 saturated heterocycles. The molecule has 1 aromatic carbocycles. The Balaban J connectivity index is 2.22. The van der Waals surface area contributed by atoms with Crippen molar-refractivity contribution in [3.05, 3.63) is 51.8 Å². The van der Waals surface area contributed by atoms with Gasteiger partial charge in [0.25, 0.3) is 0 Å². The lowest BCUT2D eigenvalue weighted by molar-refractivity contribution is -0.118. The zero-order valence-corrected chi connectivity index (χ0v) is 14.8. The highest BCUT2D eigenvalue weighted by atomic mass is 127. The molecule has 22 heavy (non-hydrogen) atoms. The molecule has 6 nitrogen and oxygen atoms in total. The van der Waals surface area contributed by atoms with Gasteiger partial charge in [0.15, 0.2) is 0 Å². The number of carbonyl (C=O) groups excluding carboxylic acids is 1. The van der Waals surface area contributed by atoms with Gasteiger partial charge in [-0.15, -0.1) is 0 Å². The number of sulfonamides is 1. The van der Waals surface area contributed by atoms with Crippen LogP contribution in [0.5, 0.6) is 0 Å². The minimum absolute atomic E-state index is 0.0715. The molecule has 0 spiro atoms. The molecule has 1 aliphatic heterocycles. The number of nitrogens with one attached hydrogen (secondary N) is 1. The fourth-order valence-corrected chi connectivity index (χ4v) is 3.68. The first-order valence-electron chi connectivity index (χ1n) is 6.46. The molecule has 118 valence electrons. The molecule has 8 heteroatoms. The average Bonchev–Trinajstić information content (AvgIpc) is 2.41. The van der Waals surface area contributed by atoms with E-state index in [1.54, 1.807) is 47.5 Å². The predicted molar refractivity (Wildman–Crippen MR) is 92.4 cm³/mol. The summed E-state index contributed by atoms with van der Waals surface area (Å²) in [5, 5.41) is 0. The molecule has 3 N–H and O–H groups in total. The summed E-state index contributed by atoms with van der Waals surface area (Å²) in [6.07, 6.45) is 4.49. The van der Waals surface area contributed by atoms with Gasteiger partial charge >= 0.3 is 0 Å². The maximum Gasteiger partial charge on any atom is 0.242 e. The predicted octanol–water partition coefficient (Wildman–Crippen LogP) is 1.23. The molecule has 2 rings (SSSR count). The van der Waals surface area contributed by atoms with Crippen LogP contribution in [0.1, 0.15) is 5.56 Å². The lowest BCUT2D eigenvalue weighted by Crippen LogP contribution is -2.48. The number of rotatable bonds is 5. The van der Waals surface area contributed by atoms with Crippen molar-refractivity contribution in [3.63, 3.8) is 0 Å². The van der Waals surface area contributed by atoms with E-state index in [2.05, 4.69) is 27.3 Å². The summed E-state index contributed by atoms with van der Waals surface area (Å²) in [6, 6.07) is 6.55. The van der Waals surface area contributed by atoms with Gasteiger partial charge in [-0.05, 0) is 53.8 Å². The van der Waals surface area contributed by atoms with Crippen LogP contribution in [-0.2, 0) is 14.8 Å². The van der Waals surface area contributed by atoms with E-state index in [-0.39, 0.29) is 11.4 Å². The van der Waals surface area contributed by atoms with Gasteiger partial charge in [-0.25, -0.2) is 8.42 Å². The molecule has 1 heterocycles. The minimum atomic E-state index is -3.69. The number of aryl methyl sites for hydroxylation is 1. The Kier molecular flexibility index (Phi) is 5.24. The Hall–Kier alpha value is -1.39. The van der Waals surface area contributed by atoms with Crippen molar-refractivity contribution in [2.75, 3.05) is 6.54 Å². The van der Waals surface area contributed by atoms with E-state index in [9.17, 15) is 13.2 Å². The van der Waals surface area contributed by atoms with Gasteiger partial charge in [0.05, 0.1) is 11.4 Å². The summed E-state index contributed by atoms with van der Waals surface area (Å²) >= 11 is 2.08. The molecule has 1 atom stereocenters. The molecule has 0 fully saturated rings. The zero-order valence-electron chi connectivity index (χ0n) is 11.9. The first kappa shape index (κ1) is 17.0.